The summed E-state index contributed by atoms with van der Waals surface area (Å²) < 4.78 is 36.9. The number of fused-ring (bicyclic) bond motifs is 4. The zero-order valence-corrected chi connectivity index (χ0v) is 25.3. The van der Waals surface area contributed by atoms with E-state index in [-0.39, 0.29) is 59.7 Å². The van der Waals surface area contributed by atoms with Crippen LogP contribution in [0.25, 0.3) is 0 Å². The van der Waals surface area contributed by atoms with Crippen molar-refractivity contribution in [3.63, 3.8) is 0 Å². The van der Waals surface area contributed by atoms with Crippen molar-refractivity contribution in [2.24, 2.45) is 17.3 Å². The van der Waals surface area contributed by atoms with Gasteiger partial charge in [-0.2, -0.15) is 11.8 Å². The van der Waals surface area contributed by atoms with Crippen LogP contribution in [0.5, 0.6) is 0 Å². The number of epoxide rings is 3. The molecule has 43 heavy (non-hydrogen) atoms. The lowest BCUT2D eigenvalue weighted by molar-refractivity contribution is -0.276. The van der Waals surface area contributed by atoms with Crippen LogP contribution >= 0.6 is 11.8 Å². The van der Waals surface area contributed by atoms with Crippen molar-refractivity contribution in [3.8, 4) is 0 Å². The van der Waals surface area contributed by atoms with E-state index in [1.165, 1.54) is 11.8 Å². The van der Waals surface area contributed by atoms with Gasteiger partial charge in [-0.3, -0.25) is 4.79 Å². The van der Waals surface area contributed by atoms with E-state index in [1.54, 1.807) is 0 Å². The zero-order valence-electron chi connectivity index (χ0n) is 24.5. The number of hydrogen-bond acceptors (Lipinski definition) is 13. The second-order valence-corrected chi connectivity index (χ2v) is 15.2. The molecule has 2 spiro atoms. The highest BCUT2D eigenvalue weighted by molar-refractivity contribution is 7.99. The van der Waals surface area contributed by atoms with Gasteiger partial charge in [0.15, 0.2) is 18.0 Å². The Balaban J connectivity index is 0.958. The molecule has 238 valence electrons. The lowest BCUT2D eigenvalue weighted by Gasteiger charge is -2.53. The molecule has 0 aromatic heterocycles. The van der Waals surface area contributed by atoms with Crippen molar-refractivity contribution >= 4 is 23.7 Å². The van der Waals surface area contributed by atoms with Gasteiger partial charge in [-0.25, -0.2) is 4.79 Å². The van der Waals surface area contributed by atoms with Gasteiger partial charge in [0, 0.05) is 23.2 Å². The molecule has 0 bridgehead atoms. The molecule has 5 heterocycles. The summed E-state index contributed by atoms with van der Waals surface area (Å²) in [5, 5.41) is 39.5. The van der Waals surface area contributed by atoms with Crippen LogP contribution in [0.2, 0.25) is 0 Å². The molecular weight excluding hydrogens is 584 g/mol. The number of thioether (sulfide) groups is 1. The fourth-order valence-electron chi connectivity index (χ4n) is 9.62. The van der Waals surface area contributed by atoms with Crippen molar-refractivity contribution in [1.29, 1.82) is 0 Å². The van der Waals surface area contributed by atoms with E-state index >= 15 is 0 Å². The second kappa shape index (κ2) is 9.38. The molecule has 4 saturated heterocycles. The molecule has 2 saturated carbocycles. The summed E-state index contributed by atoms with van der Waals surface area (Å²) in [4.78, 5) is 25.8. The SMILES string of the molecule is CC(C)[C@]12O[C@H]1[C@@H]1O[C@]13[C@]1(O[C@H]1C[C@H]1C4=C(CC[C@@]13C)C(=O)OC4)[C@@H]2OC(=O)CCCSC[C@H]1OC(O)[C@H](O)[C@@H](O)[C@@H]1O. The quantitative estimate of drug-likeness (QED) is 0.161. The van der Waals surface area contributed by atoms with Gasteiger partial charge in [0.1, 0.15) is 48.3 Å². The Bertz CT molecular complexity index is 1270. The van der Waals surface area contributed by atoms with Crippen LogP contribution in [0.3, 0.4) is 0 Å². The van der Waals surface area contributed by atoms with E-state index in [4.69, 9.17) is 28.4 Å². The molecule has 0 radical (unpaired) electrons. The van der Waals surface area contributed by atoms with Crippen LogP contribution in [0.4, 0.5) is 0 Å². The predicted molar refractivity (Wildman–Crippen MR) is 146 cm³/mol. The summed E-state index contributed by atoms with van der Waals surface area (Å²) in [7, 11) is 0. The Hall–Kier alpha value is -1.29. The van der Waals surface area contributed by atoms with E-state index in [9.17, 15) is 30.0 Å². The molecule has 0 aromatic carbocycles. The van der Waals surface area contributed by atoms with Crippen LogP contribution in [0.15, 0.2) is 11.1 Å². The molecule has 0 amide bonds. The third kappa shape index (κ3) is 3.57. The van der Waals surface area contributed by atoms with Gasteiger partial charge in [0.25, 0.3) is 0 Å². The predicted octanol–water partition coefficient (Wildman–Crippen LogP) is -0.0327. The van der Waals surface area contributed by atoms with Crippen LogP contribution in [0.1, 0.15) is 52.9 Å². The van der Waals surface area contributed by atoms with Gasteiger partial charge in [-0.15, -0.1) is 0 Å². The van der Waals surface area contributed by atoms with E-state index < -0.39 is 53.6 Å². The lowest BCUT2D eigenvalue weighted by Crippen LogP contribution is -2.70. The summed E-state index contributed by atoms with van der Waals surface area (Å²) in [5.74, 6) is 0.476. The Morgan fingerprint density at radius 2 is 1.88 bits per heavy atom. The standard InChI is InChI=1S/C30H40O12S/c1-12(2)28-22(41-28)23-30(42-23)27(3)7-6-13-14(10-37-24(13)35)15(27)9-17-29(30,40-17)26(28)39-18(31)5-4-8-43-11-16-19(32)20(33)21(34)25(36)38-16/h12,15-17,19-23,25-26,32-34,36H,4-11H2,1-3H3/t15-,16+,17-,19+,20-,21+,22-,23-,25?,26+,27-,28-,29+,30+/m0/s1. The summed E-state index contributed by atoms with van der Waals surface area (Å²) in [6.45, 7) is 6.75. The van der Waals surface area contributed by atoms with Gasteiger partial charge < -0.3 is 48.8 Å². The van der Waals surface area contributed by atoms with Gasteiger partial charge in [-0.05, 0) is 48.8 Å². The smallest absolute Gasteiger partial charge is 0.334 e. The fraction of sp³-hybridized carbons (Fsp3) is 0.867. The average Bonchev–Trinajstić information content (AvgIpc) is 3.88. The Morgan fingerprint density at radius 3 is 2.65 bits per heavy atom. The first kappa shape index (κ1) is 29.1. The fourth-order valence-corrected chi connectivity index (χ4v) is 10.6. The molecule has 4 N–H and O–H groups in total. The van der Waals surface area contributed by atoms with Gasteiger partial charge >= 0.3 is 11.9 Å². The molecule has 1 unspecified atom stereocenters. The van der Waals surface area contributed by atoms with Gasteiger partial charge in [0.2, 0.25) is 0 Å². The summed E-state index contributed by atoms with van der Waals surface area (Å²) >= 11 is 1.42. The highest BCUT2D eigenvalue weighted by Crippen LogP contribution is 2.83. The van der Waals surface area contributed by atoms with Crippen molar-refractivity contribution in [1.82, 2.24) is 0 Å². The number of hydrogen-bond donors (Lipinski definition) is 4. The number of carbonyl (C=O) groups excluding carboxylic acids is 2. The number of aliphatic hydroxyl groups excluding tert-OH is 4. The molecule has 13 heteroatoms. The average molecular weight is 625 g/mol. The van der Waals surface area contributed by atoms with E-state index in [2.05, 4.69) is 20.8 Å². The van der Waals surface area contributed by atoms with Crippen molar-refractivity contribution < 1.29 is 58.4 Å². The minimum absolute atomic E-state index is 0.0745. The van der Waals surface area contributed by atoms with Gasteiger partial charge in [0.05, 0.1) is 12.2 Å². The minimum Gasteiger partial charge on any atom is -0.458 e. The largest absolute Gasteiger partial charge is 0.458 e. The van der Waals surface area contributed by atoms with E-state index in [0.29, 0.717) is 25.2 Å². The Kier molecular flexibility index (Phi) is 6.36. The molecule has 6 fully saturated rings. The highest BCUT2D eigenvalue weighted by Gasteiger charge is 3.01. The molecular formula is C30H40O12S. The molecule has 5 aliphatic heterocycles. The Morgan fingerprint density at radius 1 is 1.09 bits per heavy atom. The number of rotatable bonds is 8. The summed E-state index contributed by atoms with van der Waals surface area (Å²) in [5.41, 5.74) is -0.513. The summed E-state index contributed by atoms with van der Waals surface area (Å²) in [6, 6.07) is 0. The third-order valence-corrected chi connectivity index (χ3v) is 13.1. The van der Waals surface area contributed by atoms with Crippen LogP contribution in [-0.4, -0.2) is 122 Å². The normalized spacial score (nSPS) is 53.5. The first-order chi connectivity index (χ1) is 20.4. The number of ether oxygens (including phenoxy) is 6. The number of carbonyl (C=O) groups is 2. The monoisotopic (exact) mass is 624 g/mol. The molecule has 3 aliphatic carbocycles. The third-order valence-electron chi connectivity index (χ3n) is 12.0. The molecule has 14 atom stereocenters. The van der Waals surface area contributed by atoms with E-state index in [1.807, 2.05) is 0 Å². The topological polar surface area (TPSA) is 180 Å². The second-order valence-electron chi connectivity index (χ2n) is 14.1. The van der Waals surface area contributed by atoms with Crippen molar-refractivity contribution in [2.75, 3.05) is 18.1 Å². The van der Waals surface area contributed by atoms with Crippen molar-refractivity contribution in [3.05, 3.63) is 11.1 Å². The van der Waals surface area contributed by atoms with Crippen molar-refractivity contribution in [2.45, 2.75) is 125 Å². The first-order valence-corrected chi connectivity index (χ1v) is 16.7. The number of cyclic esters (lactones) is 1. The number of esters is 2. The van der Waals surface area contributed by atoms with Crippen LogP contribution in [0, 0.1) is 17.3 Å². The lowest BCUT2D eigenvalue weighted by atomic mass is 9.46. The van der Waals surface area contributed by atoms with E-state index in [0.717, 1.165) is 24.0 Å². The highest BCUT2D eigenvalue weighted by atomic mass is 32.2. The van der Waals surface area contributed by atoms with Gasteiger partial charge in [-0.1, -0.05) is 20.8 Å². The minimum atomic E-state index is -1.57. The molecule has 8 aliphatic rings. The first-order valence-electron chi connectivity index (χ1n) is 15.5. The number of aliphatic hydroxyl groups is 4. The Labute approximate surface area is 253 Å². The van der Waals surface area contributed by atoms with Crippen LogP contribution < -0.4 is 0 Å². The maximum Gasteiger partial charge on any atom is 0.334 e. The molecule has 12 nitrogen and oxygen atoms in total. The van der Waals surface area contributed by atoms with Crippen LogP contribution in [-0.2, 0) is 38.0 Å². The maximum absolute atomic E-state index is 13.4. The molecule has 0 aromatic rings. The maximum atomic E-state index is 13.4. The zero-order chi connectivity index (χ0) is 30.3. The molecule has 8 rings (SSSR count). The summed E-state index contributed by atoms with van der Waals surface area (Å²) in [6.07, 6.45) is -5.07.